The summed E-state index contributed by atoms with van der Waals surface area (Å²) in [5.74, 6) is -1.33. The van der Waals surface area contributed by atoms with Gasteiger partial charge in [0, 0.05) is 6.54 Å². The molecule has 116 valence electrons. The second kappa shape index (κ2) is 5.38. The lowest BCUT2D eigenvalue weighted by atomic mass is 10.0. The molecular formula is C14H19FN2O3S. The van der Waals surface area contributed by atoms with Crippen LogP contribution in [0.5, 0.6) is 0 Å². The van der Waals surface area contributed by atoms with Crippen molar-refractivity contribution in [3.63, 3.8) is 0 Å². The molecule has 1 saturated carbocycles. The van der Waals surface area contributed by atoms with Crippen LogP contribution in [-0.2, 0) is 10.0 Å². The Morgan fingerprint density at radius 2 is 2.05 bits per heavy atom. The molecule has 1 amide bonds. The summed E-state index contributed by atoms with van der Waals surface area (Å²) in [6.45, 7) is 3.92. The van der Waals surface area contributed by atoms with Crippen molar-refractivity contribution in [1.29, 1.82) is 0 Å². The monoisotopic (exact) mass is 314 g/mol. The second-order valence-corrected chi connectivity index (χ2v) is 7.24. The molecule has 5 nitrogen and oxygen atoms in total. The van der Waals surface area contributed by atoms with Crippen LogP contribution in [0.4, 0.5) is 4.39 Å². The number of nitrogens with one attached hydrogen (secondary N) is 1. The maximum atomic E-state index is 14.0. The number of hydrogen-bond donors (Lipinski definition) is 2. The predicted octanol–water partition coefficient (Wildman–Crippen LogP) is 1.70. The van der Waals surface area contributed by atoms with Crippen molar-refractivity contribution < 1.29 is 17.6 Å². The molecule has 0 spiro atoms. The van der Waals surface area contributed by atoms with Crippen LogP contribution in [0, 0.1) is 18.2 Å². The van der Waals surface area contributed by atoms with Gasteiger partial charge in [0.25, 0.3) is 5.91 Å². The first kappa shape index (κ1) is 15.9. The fraction of sp³-hybridized carbons (Fsp3) is 0.500. The highest BCUT2D eigenvalue weighted by atomic mass is 32.2. The summed E-state index contributed by atoms with van der Waals surface area (Å²) in [7, 11) is -3.98. The third-order valence-corrected chi connectivity index (χ3v) is 5.03. The molecule has 0 radical (unpaired) electrons. The molecular weight excluding hydrogens is 295 g/mol. The summed E-state index contributed by atoms with van der Waals surface area (Å²) in [6.07, 6.45) is 3.04. The summed E-state index contributed by atoms with van der Waals surface area (Å²) in [4.78, 5) is 11.8. The van der Waals surface area contributed by atoms with Gasteiger partial charge in [0.1, 0.15) is 5.82 Å². The summed E-state index contributed by atoms with van der Waals surface area (Å²) in [6, 6.07) is 2.11. The Kier molecular flexibility index (Phi) is 4.08. The lowest BCUT2D eigenvalue weighted by molar-refractivity contribution is 0.0940. The zero-order chi connectivity index (χ0) is 15.8. The van der Waals surface area contributed by atoms with Gasteiger partial charge in [-0.25, -0.2) is 17.9 Å². The molecule has 0 heterocycles. The number of benzene rings is 1. The van der Waals surface area contributed by atoms with Gasteiger partial charge >= 0.3 is 0 Å². The fourth-order valence-corrected chi connectivity index (χ4v) is 2.88. The number of carbonyl (C=O) groups is 1. The minimum atomic E-state index is -3.98. The molecule has 7 heteroatoms. The number of sulfonamides is 1. The molecule has 1 aromatic rings. The predicted molar refractivity (Wildman–Crippen MR) is 76.8 cm³/mol. The molecule has 1 aromatic carbocycles. The molecule has 21 heavy (non-hydrogen) atoms. The van der Waals surface area contributed by atoms with Crippen LogP contribution in [0.25, 0.3) is 0 Å². The first-order chi connectivity index (χ1) is 9.68. The molecule has 3 N–H and O–H groups in total. The summed E-state index contributed by atoms with van der Waals surface area (Å²) in [5, 5.41) is 7.72. The van der Waals surface area contributed by atoms with Gasteiger partial charge in [-0.2, -0.15) is 0 Å². The largest absolute Gasteiger partial charge is 0.351 e. The lowest BCUT2D eigenvalue weighted by Crippen LogP contribution is -2.31. The van der Waals surface area contributed by atoms with Gasteiger partial charge in [0.05, 0.1) is 10.5 Å². The Morgan fingerprint density at radius 3 is 2.52 bits per heavy atom. The smallest absolute Gasteiger partial charge is 0.254 e. The summed E-state index contributed by atoms with van der Waals surface area (Å²) < 4.78 is 36.8. The van der Waals surface area contributed by atoms with Crippen LogP contribution >= 0.6 is 0 Å². The molecule has 0 aromatic heterocycles. The molecule has 0 unspecified atom stereocenters. The molecule has 1 aliphatic rings. The number of primary sulfonamides is 1. The van der Waals surface area contributed by atoms with Crippen LogP contribution in [0.15, 0.2) is 17.0 Å². The van der Waals surface area contributed by atoms with E-state index in [1.165, 1.54) is 6.92 Å². The van der Waals surface area contributed by atoms with Crippen molar-refractivity contribution in [2.45, 2.75) is 38.0 Å². The van der Waals surface area contributed by atoms with Gasteiger partial charge in [-0.15, -0.1) is 0 Å². The van der Waals surface area contributed by atoms with E-state index < -0.39 is 21.7 Å². The molecule has 1 aliphatic carbocycles. The van der Waals surface area contributed by atoms with E-state index in [1.54, 1.807) is 0 Å². The Morgan fingerprint density at radius 1 is 1.43 bits per heavy atom. The van der Waals surface area contributed by atoms with Crippen molar-refractivity contribution in [2.24, 2.45) is 10.6 Å². The van der Waals surface area contributed by atoms with E-state index in [9.17, 15) is 17.6 Å². The Hall–Kier alpha value is -1.47. The third-order valence-electron chi connectivity index (χ3n) is 4.13. The van der Waals surface area contributed by atoms with E-state index in [2.05, 4.69) is 5.32 Å². The van der Waals surface area contributed by atoms with Crippen molar-refractivity contribution in [3.05, 3.63) is 29.1 Å². The molecule has 1 fully saturated rings. The minimum absolute atomic E-state index is 0.0725. The average molecular weight is 314 g/mol. The third kappa shape index (κ3) is 3.41. The van der Waals surface area contributed by atoms with Crippen LogP contribution in [0.1, 0.15) is 42.1 Å². The maximum absolute atomic E-state index is 14.0. The van der Waals surface area contributed by atoms with Gasteiger partial charge in [-0.1, -0.05) is 6.92 Å². The quantitative estimate of drug-likeness (QED) is 0.867. The van der Waals surface area contributed by atoms with Crippen LogP contribution < -0.4 is 10.5 Å². The number of hydrogen-bond acceptors (Lipinski definition) is 3. The van der Waals surface area contributed by atoms with Crippen LogP contribution in [-0.4, -0.2) is 20.9 Å². The molecule has 0 saturated heterocycles. The number of amides is 1. The van der Waals surface area contributed by atoms with E-state index in [4.69, 9.17) is 5.14 Å². The first-order valence-electron chi connectivity index (χ1n) is 6.80. The van der Waals surface area contributed by atoms with Gasteiger partial charge in [0.15, 0.2) is 0 Å². The summed E-state index contributed by atoms with van der Waals surface area (Å²) >= 11 is 0. The van der Waals surface area contributed by atoms with Gasteiger partial charge in [-0.3, -0.25) is 4.79 Å². The molecule has 0 atom stereocenters. The topological polar surface area (TPSA) is 89.3 Å². The number of nitrogens with two attached hydrogens (primary N) is 1. The zero-order valence-electron chi connectivity index (χ0n) is 12.1. The Bertz CT molecular complexity index is 682. The van der Waals surface area contributed by atoms with Gasteiger partial charge in [0.2, 0.25) is 10.0 Å². The SMILES string of the molecule is CCC1(CNC(=O)c2cc(S(N)(=O)=O)cc(C)c2F)CC1. The van der Waals surface area contributed by atoms with E-state index >= 15 is 0 Å². The van der Waals surface area contributed by atoms with Gasteiger partial charge < -0.3 is 5.32 Å². The number of aryl methyl sites for hydroxylation is 1. The molecule has 0 aliphatic heterocycles. The highest BCUT2D eigenvalue weighted by Crippen LogP contribution is 2.47. The number of halogens is 1. The van der Waals surface area contributed by atoms with Gasteiger partial charge in [-0.05, 0) is 49.3 Å². The number of carbonyl (C=O) groups excluding carboxylic acids is 1. The van der Waals surface area contributed by atoms with E-state index in [0.29, 0.717) is 6.54 Å². The normalized spacial score (nSPS) is 16.6. The van der Waals surface area contributed by atoms with Crippen molar-refractivity contribution in [1.82, 2.24) is 5.32 Å². The maximum Gasteiger partial charge on any atom is 0.254 e. The second-order valence-electron chi connectivity index (χ2n) is 5.68. The van der Waals surface area contributed by atoms with Crippen molar-refractivity contribution in [2.75, 3.05) is 6.54 Å². The fourth-order valence-electron chi connectivity index (χ4n) is 2.26. The van der Waals surface area contributed by atoms with Crippen LogP contribution in [0.2, 0.25) is 0 Å². The summed E-state index contributed by atoms with van der Waals surface area (Å²) in [5.41, 5.74) is -0.0899. The first-order valence-corrected chi connectivity index (χ1v) is 8.34. The van der Waals surface area contributed by atoms with E-state index in [-0.39, 0.29) is 21.4 Å². The van der Waals surface area contributed by atoms with Crippen LogP contribution in [0.3, 0.4) is 0 Å². The van der Waals surface area contributed by atoms with E-state index in [0.717, 1.165) is 31.4 Å². The number of rotatable bonds is 5. The molecule has 2 rings (SSSR count). The zero-order valence-corrected chi connectivity index (χ0v) is 12.9. The Labute approximate surface area is 123 Å². The average Bonchev–Trinajstić information content (AvgIpc) is 3.18. The molecule has 0 bridgehead atoms. The standard InChI is InChI=1S/C14H19FN2O3S/c1-3-14(4-5-14)8-17-13(18)11-7-10(21(16,19)20)6-9(2)12(11)15/h6-7H,3-5,8H2,1-2H3,(H,17,18)(H2,16,19,20). The lowest BCUT2D eigenvalue weighted by Gasteiger charge is -2.14. The van der Waals surface area contributed by atoms with E-state index in [1.807, 2.05) is 6.92 Å². The highest BCUT2D eigenvalue weighted by molar-refractivity contribution is 7.89. The van der Waals surface area contributed by atoms with Crippen molar-refractivity contribution in [3.8, 4) is 0 Å². The highest BCUT2D eigenvalue weighted by Gasteiger charge is 2.40. The minimum Gasteiger partial charge on any atom is -0.351 e. The Balaban J connectivity index is 2.26. The van der Waals surface area contributed by atoms with Crippen molar-refractivity contribution >= 4 is 15.9 Å².